The maximum Gasteiger partial charge on any atom is 0.305 e. The smallest absolute Gasteiger partial charge is 0.305 e. The van der Waals surface area contributed by atoms with Gasteiger partial charge >= 0.3 is 5.97 Å². The van der Waals surface area contributed by atoms with E-state index in [-0.39, 0.29) is 24.8 Å². The molecule has 1 atom stereocenters. The number of carboxylic acids is 1. The summed E-state index contributed by atoms with van der Waals surface area (Å²) in [6.45, 7) is 0.943. The Morgan fingerprint density at radius 2 is 2.10 bits per heavy atom. The molecule has 158 valence electrons. The van der Waals surface area contributed by atoms with Crippen molar-refractivity contribution in [1.29, 1.82) is 0 Å². The lowest BCUT2D eigenvalue weighted by molar-refractivity contribution is -0.590. The zero-order valence-electron chi connectivity index (χ0n) is 16.4. The van der Waals surface area contributed by atoms with Crippen LogP contribution in [-0.2, 0) is 16.1 Å². The third-order valence-electron chi connectivity index (χ3n) is 4.70. The number of hydrogen-bond donors (Lipinski definition) is 4. The molecule has 30 heavy (non-hydrogen) atoms. The van der Waals surface area contributed by atoms with Crippen molar-refractivity contribution in [3.05, 3.63) is 58.9 Å². The lowest BCUT2D eigenvalue weighted by atomic mass is 10.1. The number of likely N-dealkylation sites (N-methyl/N-ethyl adjacent to an activating group) is 1. The highest BCUT2D eigenvalue weighted by Crippen LogP contribution is 2.24. The minimum Gasteiger partial charge on any atom is -0.711 e. The minimum atomic E-state index is -1.07. The quantitative estimate of drug-likeness (QED) is 0.293. The van der Waals surface area contributed by atoms with Crippen molar-refractivity contribution < 1.29 is 24.2 Å². The Balaban J connectivity index is 1.62. The molecule has 1 aliphatic heterocycles. The third kappa shape index (κ3) is 4.96. The maximum atomic E-state index is 12.5. The molecular formula is C20H23N5O5. The molecule has 0 spiro atoms. The molecule has 1 aromatic carbocycles. The highest BCUT2D eigenvalue weighted by molar-refractivity contribution is 5.95. The molecular weight excluding hydrogens is 390 g/mol. The number of nitrogens with one attached hydrogen (secondary N) is 3. The Morgan fingerprint density at radius 3 is 2.83 bits per heavy atom. The van der Waals surface area contributed by atoms with Gasteiger partial charge in [0, 0.05) is 30.9 Å². The van der Waals surface area contributed by atoms with E-state index < -0.39 is 12.0 Å². The number of amides is 2. The Hall–Kier alpha value is -3.82. The van der Waals surface area contributed by atoms with Gasteiger partial charge in [0.05, 0.1) is 19.2 Å². The number of carbonyl (C=O) groups is 3. The van der Waals surface area contributed by atoms with Crippen LogP contribution in [0.25, 0.3) is 0 Å². The van der Waals surface area contributed by atoms with Gasteiger partial charge in [-0.1, -0.05) is 6.07 Å². The molecule has 10 heteroatoms. The molecule has 1 aromatic heterocycles. The van der Waals surface area contributed by atoms with Gasteiger partial charge in [0.2, 0.25) is 5.91 Å². The molecule has 0 bridgehead atoms. The summed E-state index contributed by atoms with van der Waals surface area (Å²) in [5.41, 5.74) is 1.77. The molecule has 0 fully saturated rings. The highest BCUT2D eigenvalue weighted by Gasteiger charge is 2.29. The second-order valence-electron chi connectivity index (χ2n) is 6.96. The first-order valence-electron chi connectivity index (χ1n) is 9.41. The standard InChI is InChI=1S/C20H23N5O5/c1-24-12-14-10-13(5-6-15(14)23-16(20(24)29)11-18(26)27)19(28)22-8-7-21-17-4-2-3-9-25(17)30/h2-6,9-10,16,21,23H,7-8,11-12H2,1H3,(H,22,28)(H,26,27)/t16-/m0/s1. The summed E-state index contributed by atoms with van der Waals surface area (Å²) >= 11 is 0. The first kappa shape index (κ1) is 20.9. The SMILES string of the molecule is CN1Cc2cc(C(=O)NCCNc3cccc[n+]3[O-])ccc2N[C@@H](CC(=O)O)C1=O. The Bertz CT molecular complexity index is 964. The molecule has 2 heterocycles. The molecule has 3 rings (SSSR count). The number of carboxylic acid groups (broad SMARTS) is 1. The van der Waals surface area contributed by atoms with Crippen LogP contribution in [0.15, 0.2) is 42.6 Å². The predicted octanol–water partition coefficient (Wildman–Crippen LogP) is 0.389. The molecule has 4 N–H and O–H groups in total. The van der Waals surface area contributed by atoms with Crippen LogP contribution in [0.1, 0.15) is 22.3 Å². The third-order valence-corrected chi connectivity index (χ3v) is 4.70. The monoisotopic (exact) mass is 413 g/mol. The van der Waals surface area contributed by atoms with E-state index in [1.807, 2.05) is 0 Å². The molecule has 0 unspecified atom stereocenters. The number of aliphatic carboxylic acids is 1. The molecule has 0 radical (unpaired) electrons. The largest absolute Gasteiger partial charge is 0.711 e. The van der Waals surface area contributed by atoms with Gasteiger partial charge in [-0.25, -0.2) is 4.73 Å². The van der Waals surface area contributed by atoms with Crippen LogP contribution in [0.4, 0.5) is 11.5 Å². The molecule has 0 saturated carbocycles. The van der Waals surface area contributed by atoms with Crippen LogP contribution in [0, 0.1) is 5.21 Å². The average molecular weight is 413 g/mol. The summed E-state index contributed by atoms with van der Waals surface area (Å²) in [6, 6.07) is 9.12. The van der Waals surface area contributed by atoms with E-state index in [0.717, 1.165) is 5.56 Å². The van der Waals surface area contributed by atoms with Crippen molar-refractivity contribution in [1.82, 2.24) is 10.2 Å². The molecule has 2 aromatic rings. The van der Waals surface area contributed by atoms with E-state index in [2.05, 4.69) is 16.0 Å². The van der Waals surface area contributed by atoms with Gasteiger partial charge in [-0.15, -0.1) is 0 Å². The lowest BCUT2D eigenvalue weighted by Crippen LogP contribution is -2.39. The fourth-order valence-corrected chi connectivity index (χ4v) is 3.20. The van der Waals surface area contributed by atoms with E-state index in [1.165, 1.54) is 11.1 Å². The van der Waals surface area contributed by atoms with Crippen molar-refractivity contribution in [2.75, 3.05) is 30.8 Å². The van der Waals surface area contributed by atoms with E-state index in [9.17, 15) is 19.6 Å². The second kappa shape index (κ2) is 9.12. The van der Waals surface area contributed by atoms with Crippen molar-refractivity contribution in [3.63, 3.8) is 0 Å². The van der Waals surface area contributed by atoms with Gasteiger partial charge in [0.1, 0.15) is 12.6 Å². The fourth-order valence-electron chi connectivity index (χ4n) is 3.20. The van der Waals surface area contributed by atoms with E-state index >= 15 is 0 Å². The Labute approximate surface area is 173 Å². The topological polar surface area (TPSA) is 138 Å². The van der Waals surface area contributed by atoms with Crippen LogP contribution < -0.4 is 20.7 Å². The minimum absolute atomic E-state index is 0.261. The summed E-state index contributed by atoms with van der Waals surface area (Å²) in [6.07, 6.45) is 1.05. The highest BCUT2D eigenvalue weighted by atomic mass is 16.5. The number of hydrogen-bond acceptors (Lipinski definition) is 6. The number of pyridine rings is 1. The summed E-state index contributed by atoms with van der Waals surface area (Å²) in [5.74, 6) is -1.28. The van der Waals surface area contributed by atoms with Crippen molar-refractivity contribution in [3.8, 4) is 0 Å². The normalized spacial score (nSPS) is 15.6. The van der Waals surface area contributed by atoms with Crippen LogP contribution >= 0.6 is 0 Å². The zero-order chi connectivity index (χ0) is 21.7. The Morgan fingerprint density at radius 1 is 1.30 bits per heavy atom. The summed E-state index contributed by atoms with van der Waals surface area (Å²) in [7, 11) is 1.60. The van der Waals surface area contributed by atoms with Crippen molar-refractivity contribution >= 4 is 29.3 Å². The van der Waals surface area contributed by atoms with Gasteiger partial charge in [-0.05, 0) is 29.8 Å². The van der Waals surface area contributed by atoms with Gasteiger partial charge in [-0.3, -0.25) is 19.7 Å². The lowest BCUT2D eigenvalue weighted by Gasteiger charge is -2.19. The van der Waals surface area contributed by atoms with Crippen molar-refractivity contribution in [2.24, 2.45) is 0 Å². The summed E-state index contributed by atoms with van der Waals surface area (Å²) in [4.78, 5) is 37.3. The average Bonchev–Trinajstić information content (AvgIpc) is 2.82. The van der Waals surface area contributed by atoms with Crippen molar-refractivity contribution in [2.45, 2.75) is 19.0 Å². The zero-order valence-corrected chi connectivity index (χ0v) is 16.4. The molecule has 2 amide bonds. The van der Waals surface area contributed by atoms with E-state index in [1.54, 1.807) is 43.4 Å². The van der Waals surface area contributed by atoms with Gasteiger partial charge in [-0.2, -0.15) is 0 Å². The summed E-state index contributed by atoms with van der Waals surface area (Å²) in [5, 5.41) is 29.3. The fraction of sp³-hybridized carbons (Fsp3) is 0.300. The van der Waals surface area contributed by atoms with Gasteiger partial charge in [0.15, 0.2) is 0 Å². The number of rotatable bonds is 7. The number of anilines is 2. The number of nitrogens with zero attached hydrogens (tertiary/aromatic N) is 2. The van der Waals surface area contributed by atoms with Crippen LogP contribution in [-0.4, -0.2) is 54.0 Å². The summed E-state index contributed by atoms with van der Waals surface area (Å²) < 4.78 is 0.705. The van der Waals surface area contributed by atoms with Crippen LogP contribution in [0.3, 0.4) is 0 Å². The number of carbonyl (C=O) groups excluding carboxylic acids is 2. The van der Waals surface area contributed by atoms with E-state index in [0.29, 0.717) is 34.9 Å². The number of aromatic nitrogens is 1. The van der Waals surface area contributed by atoms with Crippen LogP contribution in [0.2, 0.25) is 0 Å². The van der Waals surface area contributed by atoms with Crippen LogP contribution in [0.5, 0.6) is 0 Å². The van der Waals surface area contributed by atoms with E-state index in [4.69, 9.17) is 5.11 Å². The Kier molecular flexibility index (Phi) is 6.35. The molecule has 0 aliphatic carbocycles. The maximum absolute atomic E-state index is 12.5. The number of fused-ring (bicyclic) bond motifs is 1. The number of benzene rings is 1. The van der Waals surface area contributed by atoms with Gasteiger partial charge < -0.3 is 25.8 Å². The molecule has 1 aliphatic rings. The first-order valence-corrected chi connectivity index (χ1v) is 9.41. The molecule has 0 saturated heterocycles. The predicted molar refractivity (Wildman–Crippen MR) is 109 cm³/mol. The van der Waals surface area contributed by atoms with Gasteiger partial charge in [0.25, 0.3) is 11.7 Å². The molecule has 10 nitrogen and oxygen atoms in total. The first-order chi connectivity index (χ1) is 14.3. The second-order valence-corrected chi connectivity index (χ2v) is 6.96.